The van der Waals surface area contributed by atoms with Crippen molar-refractivity contribution in [2.24, 2.45) is 0 Å². The molecular weight excluding hydrogens is 409 g/mol. The van der Waals surface area contributed by atoms with E-state index in [0.29, 0.717) is 34.0 Å². The molecule has 4 heterocycles. The summed E-state index contributed by atoms with van der Waals surface area (Å²) in [6.45, 7) is 1.84. The Labute approximate surface area is 173 Å². The molecule has 0 spiro atoms. The maximum atomic E-state index is 13.3. The number of hydrogen-bond donors (Lipinski definition) is 2. The summed E-state index contributed by atoms with van der Waals surface area (Å²) in [5.41, 5.74) is 1.27. The maximum absolute atomic E-state index is 13.3. The van der Waals surface area contributed by atoms with E-state index in [1.807, 2.05) is 13.0 Å². The largest absolute Gasteiger partial charge is 0.433 e. The van der Waals surface area contributed by atoms with Crippen molar-refractivity contribution >= 4 is 28.1 Å². The van der Waals surface area contributed by atoms with Gasteiger partial charge in [0.15, 0.2) is 17.1 Å². The normalized spacial score (nSPS) is 13.0. The van der Waals surface area contributed by atoms with E-state index in [0.717, 1.165) is 6.07 Å². The molecule has 0 aliphatic rings. The topological polar surface area (TPSA) is 97.2 Å². The fourth-order valence-corrected chi connectivity index (χ4v) is 3.39. The van der Waals surface area contributed by atoms with Crippen LogP contribution in [0.1, 0.15) is 24.5 Å². The zero-order valence-electron chi connectivity index (χ0n) is 16.1. The summed E-state index contributed by atoms with van der Waals surface area (Å²) < 4.78 is 41.5. The number of nitrogens with zero attached hydrogens (tertiary/aromatic N) is 6. The summed E-state index contributed by atoms with van der Waals surface area (Å²) in [5, 5.41) is 3.24. The van der Waals surface area contributed by atoms with Gasteiger partial charge >= 0.3 is 6.18 Å². The van der Waals surface area contributed by atoms with Gasteiger partial charge < -0.3 is 10.3 Å². The van der Waals surface area contributed by atoms with Crippen LogP contribution in [0.3, 0.4) is 0 Å². The molecule has 0 fully saturated rings. The van der Waals surface area contributed by atoms with E-state index in [1.54, 1.807) is 28.8 Å². The van der Waals surface area contributed by atoms with Crippen molar-refractivity contribution in [1.29, 1.82) is 0 Å². The number of hydrogen-bond acceptors (Lipinski definition) is 6. The molecule has 11 heteroatoms. The molecule has 4 aromatic heterocycles. The molecule has 0 saturated carbocycles. The second-order valence-corrected chi connectivity index (χ2v) is 6.87. The Hall–Kier alpha value is -4.02. The Morgan fingerprint density at radius 2 is 1.81 bits per heavy atom. The third-order valence-corrected chi connectivity index (χ3v) is 4.79. The van der Waals surface area contributed by atoms with Crippen LogP contribution in [0.4, 0.5) is 19.0 Å². The number of fused-ring (bicyclic) bond motifs is 2. The van der Waals surface area contributed by atoms with E-state index in [9.17, 15) is 13.2 Å². The van der Waals surface area contributed by atoms with Crippen LogP contribution in [0.5, 0.6) is 0 Å². The van der Waals surface area contributed by atoms with Crippen molar-refractivity contribution in [2.75, 3.05) is 5.32 Å². The standard InChI is InChI=1S/C20H15F3N8/c1-11(28-17-15-16(25-9-24-15)26-10-27-17)18-29-13-7-8-14(20(21,22)23)30-19(13)31(18)12-5-3-2-4-6-12/h2-11H,1H3,(H2,24,25,26,27,28). The molecule has 0 amide bonds. The Kier molecular flexibility index (Phi) is 4.31. The van der Waals surface area contributed by atoms with Crippen molar-refractivity contribution in [1.82, 2.24) is 34.5 Å². The molecule has 1 aromatic carbocycles. The minimum absolute atomic E-state index is 0.122. The molecule has 31 heavy (non-hydrogen) atoms. The Balaban J connectivity index is 1.66. The molecule has 2 N–H and O–H groups in total. The number of nitrogens with one attached hydrogen (secondary N) is 2. The molecule has 1 atom stereocenters. The van der Waals surface area contributed by atoms with Crippen LogP contribution in [-0.4, -0.2) is 34.5 Å². The average molecular weight is 424 g/mol. The van der Waals surface area contributed by atoms with E-state index < -0.39 is 17.9 Å². The van der Waals surface area contributed by atoms with Crippen molar-refractivity contribution in [3.8, 4) is 5.69 Å². The van der Waals surface area contributed by atoms with Crippen molar-refractivity contribution < 1.29 is 13.2 Å². The van der Waals surface area contributed by atoms with Crippen LogP contribution in [0.2, 0.25) is 0 Å². The highest BCUT2D eigenvalue weighted by Gasteiger charge is 2.33. The van der Waals surface area contributed by atoms with Gasteiger partial charge in [0.2, 0.25) is 0 Å². The number of aromatic nitrogens is 7. The molecule has 0 bridgehead atoms. The molecular formula is C20H15F3N8. The van der Waals surface area contributed by atoms with Gasteiger partial charge in [-0.15, -0.1) is 0 Å². The van der Waals surface area contributed by atoms with E-state index in [-0.39, 0.29) is 5.65 Å². The van der Waals surface area contributed by atoms with Gasteiger partial charge in [0.05, 0.1) is 12.4 Å². The van der Waals surface area contributed by atoms with Crippen LogP contribution in [-0.2, 0) is 6.18 Å². The van der Waals surface area contributed by atoms with E-state index in [4.69, 9.17) is 0 Å². The van der Waals surface area contributed by atoms with Crippen LogP contribution < -0.4 is 5.32 Å². The SMILES string of the molecule is CC(Nc1ncnc2[nH]cnc12)c1nc2ccc(C(F)(F)F)nc2n1-c1ccccc1. The van der Waals surface area contributed by atoms with Crippen molar-refractivity contribution in [3.05, 3.63) is 66.6 Å². The second kappa shape index (κ2) is 7.04. The lowest BCUT2D eigenvalue weighted by Gasteiger charge is -2.16. The van der Waals surface area contributed by atoms with Gasteiger partial charge in [-0.2, -0.15) is 13.2 Å². The van der Waals surface area contributed by atoms with Gasteiger partial charge in [-0.25, -0.2) is 24.9 Å². The van der Waals surface area contributed by atoms with Crippen molar-refractivity contribution in [3.63, 3.8) is 0 Å². The zero-order chi connectivity index (χ0) is 21.6. The molecule has 0 saturated heterocycles. The Morgan fingerprint density at radius 1 is 1.00 bits per heavy atom. The summed E-state index contributed by atoms with van der Waals surface area (Å²) in [5.74, 6) is 0.963. The number of alkyl halides is 3. The van der Waals surface area contributed by atoms with Gasteiger partial charge in [-0.3, -0.25) is 4.57 Å². The molecule has 8 nitrogen and oxygen atoms in total. The van der Waals surface area contributed by atoms with Crippen LogP contribution in [0.15, 0.2) is 55.1 Å². The highest BCUT2D eigenvalue weighted by atomic mass is 19.4. The first-order valence-electron chi connectivity index (χ1n) is 9.34. The molecule has 5 aromatic rings. The monoisotopic (exact) mass is 424 g/mol. The van der Waals surface area contributed by atoms with E-state index in [1.165, 1.54) is 18.7 Å². The molecule has 5 rings (SSSR count). The number of anilines is 1. The number of H-pyrrole nitrogens is 1. The first-order chi connectivity index (χ1) is 14.9. The lowest BCUT2D eigenvalue weighted by atomic mass is 10.2. The number of para-hydroxylation sites is 1. The lowest BCUT2D eigenvalue weighted by Crippen LogP contribution is -2.15. The summed E-state index contributed by atoms with van der Waals surface area (Å²) in [4.78, 5) is 23.9. The number of rotatable bonds is 4. The number of benzene rings is 1. The number of imidazole rings is 2. The maximum Gasteiger partial charge on any atom is 0.433 e. The second-order valence-electron chi connectivity index (χ2n) is 6.87. The van der Waals surface area contributed by atoms with Gasteiger partial charge in [0, 0.05) is 5.69 Å². The highest BCUT2D eigenvalue weighted by Crippen LogP contribution is 2.32. The lowest BCUT2D eigenvalue weighted by molar-refractivity contribution is -0.141. The van der Waals surface area contributed by atoms with Gasteiger partial charge in [-0.1, -0.05) is 18.2 Å². The van der Waals surface area contributed by atoms with Gasteiger partial charge in [-0.05, 0) is 31.2 Å². The Morgan fingerprint density at radius 3 is 2.58 bits per heavy atom. The van der Waals surface area contributed by atoms with E-state index >= 15 is 0 Å². The fraction of sp³-hybridized carbons (Fsp3) is 0.150. The summed E-state index contributed by atoms with van der Waals surface area (Å²) in [6, 6.07) is 10.8. The molecule has 0 aliphatic carbocycles. The summed E-state index contributed by atoms with van der Waals surface area (Å²) in [6.07, 6.45) is -1.65. The molecule has 0 radical (unpaired) electrons. The molecule has 1 unspecified atom stereocenters. The van der Waals surface area contributed by atoms with Gasteiger partial charge in [0.25, 0.3) is 0 Å². The average Bonchev–Trinajstić information content (AvgIpc) is 3.38. The summed E-state index contributed by atoms with van der Waals surface area (Å²) in [7, 11) is 0. The fourth-order valence-electron chi connectivity index (χ4n) is 3.39. The number of pyridine rings is 1. The minimum atomic E-state index is -4.56. The smallest absolute Gasteiger partial charge is 0.358 e. The predicted octanol–water partition coefficient (Wildman–Crippen LogP) is 4.28. The third kappa shape index (κ3) is 3.33. The Bertz CT molecular complexity index is 1370. The first kappa shape index (κ1) is 19.0. The summed E-state index contributed by atoms with van der Waals surface area (Å²) >= 11 is 0. The third-order valence-electron chi connectivity index (χ3n) is 4.79. The predicted molar refractivity (Wildman–Crippen MR) is 108 cm³/mol. The van der Waals surface area contributed by atoms with Crippen LogP contribution in [0.25, 0.3) is 28.0 Å². The minimum Gasteiger partial charge on any atom is -0.358 e. The molecule has 156 valence electrons. The van der Waals surface area contributed by atoms with Gasteiger partial charge in [0.1, 0.15) is 28.9 Å². The van der Waals surface area contributed by atoms with Crippen molar-refractivity contribution in [2.45, 2.75) is 19.1 Å². The zero-order valence-corrected chi connectivity index (χ0v) is 16.1. The van der Waals surface area contributed by atoms with Crippen LogP contribution in [0, 0.1) is 0 Å². The van der Waals surface area contributed by atoms with E-state index in [2.05, 4.69) is 35.2 Å². The highest BCUT2D eigenvalue weighted by molar-refractivity contribution is 5.82. The number of aromatic amines is 1. The van der Waals surface area contributed by atoms with Crippen LogP contribution >= 0.6 is 0 Å². The first-order valence-corrected chi connectivity index (χ1v) is 9.34. The number of halogens is 3. The molecule has 0 aliphatic heterocycles. The quantitative estimate of drug-likeness (QED) is 0.447.